The van der Waals surface area contributed by atoms with Crippen LogP contribution in [0.4, 0.5) is 0 Å². The van der Waals surface area contributed by atoms with Crippen molar-refractivity contribution < 1.29 is 9.59 Å². The third kappa shape index (κ3) is 3.38. The fraction of sp³-hybridized carbons (Fsp3) is 0.167. The van der Waals surface area contributed by atoms with Crippen LogP contribution in [0.3, 0.4) is 0 Å². The zero-order valence-corrected chi connectivity index (χ0v) is 10.4. The first kappa shape index (κ1) is 12.7. The van der Waals surface area contributed by atoms with Crippen LogP contribution in [0.1, 0.15) is 5.56 Å². The van der Waals surface area contributed by atoms with Gasteiger partial charge in [0.05, 0.1) is 0 Å². The molecule has 0 saturated heterocycles. The molecule has 0 bridgehead atoms. The number of benzene rings is 1. The van der Waals surface area contributed by atoms with Crippen molar-refractivity contribution >= 4 is 11.8 Å². The second-order valence-electron chi connectivity index (χ2n) is 3.96. The summed E-state index contributed by atoms with van der Waals surface area (Å²) in [5.74, 6) is -1.37. The van der Waals surface area contributed by atoms with E-state index in [-0.39, 0.29) is 0 Å². The first-order valence-electron chi connectivity index (χ1n) is 5.62. The number of nitrogens with one attached hydrogen (secondary N) is 1. The molecule has 2 amide bonds. The molecule has 1 N–H and O–H groups in total. The summed E-state index contributed by atoms with van der Waals surface area (Å²) in [6, 6.07) is 9.43. The number of likely N-dealkylation sites (N-methyl/N-ethyl adjacent to an activating group) is 1. The Morgan fingerprint density at radius 3 is 2.47 bits per heavy atom. The smallest absolute Gasteiger partial charge is 0.328 e. The Balaban J connectivity index is 1.93. The number of nitrogens with zero attached hydrogens (tertiary/aromatic N) is 4. The number of carbonyl (C=O) groups excluding carboxylic acids is 2. The van der Waals surface area contributed by atoms with Crippen LogP contribution in [-0.4, -0.2) is 38.6 Å². The maximum Gasteiger partial charge on any atom is 0.328 e. The second-order valence-corrected chi connectivity index (χ2v) is 3.96. The van der Waals surface area contributed by atoms with Crippen LogP contribution < -0.4 is 5.43 Å². The highest BCUT2D eigenvalue weighted by Crippen LogP contribution is 2.02. The Bertz CT molecular complexity index is 553. The number of rotatable bonds is 3. The molecule has 0 fully saturated rings. The SMILES string of the molecule is CN(Cc1ccccc1)C(=O)C(=O)Nn1cnnc1. The van der Waals surface area contributed by atoms with Crippen molar-refractivity contribution in [3.8, 4) is 0 Å². The van der Waals surface area contributed by atoms with Crippen molar-refractivity contribution in [2.24, 2.45) is 0 Å². The van der Waals surface area contributed by atoms with E-state index in [1.165, 1.54) is 22.2 Å². The Morgan fingerprint density at radius 2 is 1.84 bits per heavy atom. The maximum atomic E-state index is 11.8. The number of amides is 2. The predicted octanol–water partition coefficient (Wildman–Crippen LogP) is 0.00680. The fourth-order valence-corrected chi connectivity index (χ4v) is 1.53. The third-order valence-corrected chi connectivity index (χ3v) is 2.45. The second kappa shape index (κ2) is 5.76. The molecule has 1 aromatic heterocycles. The largest absolute Gasteiger partial charge is 0.333 e. The molecule has 0 aliphatic rings. The van der Waals surface area contributed by atoms with Gasteiger partial charge in [-0.25, -0.2) is 4.68 Å². The van der Waals surface area contributed by atoms with Gasteiger partial charge < -0.3 is 4.90 Å². The summed E-state index contributed by atoms with van der Waals surface area (Å²) < 4.78 is 1.22. The number of hydrogen-bond donors (Lipinski definition) is 1. The van der Waals surface area contributed by atoms with E-state index < -0.39 is 11.8 Å². The molecule has 0 spiro atoms. The van der Waals surface area contributed by atoms with E-state index in [2.05, 4.69) is 15.6 Å². The fourth-order valence-electron chi connectivity index (χ4n) is 1.53. The van der Waals surface area contributed by atoms with Crippen LogP contribution in [0.2, 0.25) is 0 Å². The summed E-state index contributed by atoms with van der Waals surface area (Å²) in [5, 5.41) is 7.04. The molecule has 0 atom stereocenters. The monoisotopic (exact) mass is 259 g/mol. The average Bonchev–Trinajstić information content (AvgIpc) is 2.91. The minimum atomic E-state index is -0.738. The molecule has 7 heteroatoms. The molecule has 0 aliphatic heterocycles. The normalized spacial score (nSPS) is 9.95. The number of carbonyl (C=O) groups is 2. The maximum absolute atomic E-state index is 11.8. The zero-order valence-electron chi connectivity index (χ0n) is 10.4. The quantitative estimate of drug-likeness (QED) is 0.787. The van der Waals surface area contributed by atoms with E-state index in [9.17, 15) is 9.59 Å². The van der Waals surface area contributed by atoms with E-state index in [0.717, 1.165) is 5.56 Å². The molecular formula is C12H13N5O2. The molecule has 1 heterocycles. The van der Waals surface area contributed by atoms with Crippen molar-refractivity contribution in [1.82, 2.24) is 19.8 Å². The van der Waals surface area contributed by atoms with Crippen LogP contribution in [0, 0.1) is 0 Å². The molecule has 0 radical (unpaired) electrons. The van der Waals surface area contributed by atoms with E-state index >= 15 is 0 Å². The summed E-state index contributed by atoms with van der Waals surface area (Å²) in [4.78, 5) is 24.8. The lowest BCUT2D eigenvalue weighted by Crippen LogP contribution is -2.39. The van der Waals surface area contributed by atoms with Gasteiger partial charge in [0.2, 0.25) is 0 Å². The lowest BCUT2D eigenvalue weighted by atomic mass is 10.2. The molecule has 0 unspecified atom stereocenters. The van der Waals surface area contributed by atoms with Gasteiger partial charge in [-0.3, -0.25) is 15.0 Å². The summed E-state index contributed by atoms with van der Waals surface area (Å²) in [6.45, 7) is 0.370. The predicted molar refractivity (Wildman–Crippen MR) is 67.3 cm³/mol. The van der Waals surface area contributed by atoms with Gasteiger partial charge in [0.15, 0.2) is 0 Å². The number of hydrogen-bond acceptors (Lipinski definition) is 4. The minimum Gasteiger partial charge on any atom is -0.333 e. The summed E-state index contributed by atoms with van der Waals surface area (Å²) >= 11 is 0. The van der Waals surface area contributed by atoms with E-state index in [1.54, 1.807) is 7.05 Å². The highest BCUT2D eigenvalue weighted by molar-refractivity contribution is 6.37. The lowest BCUT2D eigenvalue weighted by Gasteiger charge is -2.16. The topological polar surface area (TPSA) is 80.1 Å². The molecule has 2 rings (SSSR count). The van der Waals surface area contributed by atoms with Gasteiger partial charge in [0.1, 0.15) is 12.7 Å². The van der Waals surface area contributed by atoms with Gasteiger partial charge in [-0.15, -0.1) is 10.2 Å². The van der Waals surface area contributed by atoms with Gasteiger partial charge in [0, 0.05) is 13.6 Å². The van der Waals surface area contributed by atoms with Crippen molar-refractivity contribution in [3.63, 3.8) is 0 Å². The highest BCUT2D eigenvalue weighted by atomic mass is 16.2. The van der Waals surface area contributed by atoms with Gasteiger partial charge in [-0.2, -0.15) is 0 Å². The van der Waals surface area contributed by atoms with Gasteiger partial charge in [-0.05, 0) is 5.56 Å². The van der Waals surface area contributed by atoms with E-state index in [1.807, 2.05) is 30.3 Å². The molecule has 19 heavy (non-hydrogen) atoms. The first-order valence-corrected chi connectivity index (χ1v) is 5.62. The van der Waals surface area contributed by atoms with Crippen LogP contribution in [0.15, 0.2) is 43.0 Å². The molecule has 0 aliphatic carbocycles. The van der Waals surface area contributed by atoms with E-state index in [4.69, 9.17) is 0 Å². The van der Waals surface area contributed by atoms with Gasteiger partial charge >= 0.3 is 11.8 Å². The van der Waals surface area contributed by atoms with Crippen molar-refractivity contribution in [2.45, 2.75) is 6.54 Å². The van der Waals surface area contributed by atoms with Crippen molar-refractivity contribution in [3.05, 3.63) is 48.5 Å². The molecule has 0 saturated carbocycles. The van der Waals surface area contributed by atoms with Gasteiger partial charge in [0.25, 0.3) is 0 Å². The lowest BCUT2D eigenvalue weighted by molar-refractivity contribution is -0.143. The van der Waals surface area contributed by atoms with E-state index in [0.29, 0.717) is 6.54 Å². The van der Waals surface area contributed by atoms with Crippen LogP contribution >= 0.6 is 0 Å². The Morgan fingerprint density at radius 1 is 1.21 bits per heavy atom. The summed E-state index contributed by atoms with van der Waals surface area (Å²) in [5.41, 5.74) is 3.30. The third-order valence-electron chi connectivity index (χ3n) is 2.45. The number of aromatic nitrogens is 3. The van der Waals surface area contributed by atoms with Crippen molar-refractivity contribution in [2.75, 3.05) is 12.5 Å². The molecule has 2 aromatic rings. The van der Waals surface area contributed by atoms with Crippen LogP contribution in [0.5, 0.6) is 0 Å². The standard InChI is InChI=1S/C12H13N5O2/c1-16(7-10-5-3-2-4-6-10)12(19)11(18)15-17-8-13-14-9-17/h2-6,8-9H,7H2,1H3,(H,15,18). The zero-order chi connectivity index (χ0) is 13.7. The minimum absolute atomic E-state index is 0.370. The molecule has 98 valence electrons. The molecule has 7 nitrogen and oxygen atoms in total. The van der Waals surface area contributed by atoms with Crippen molar-refractivity contribution in [1.29, 1.82) is 0 Å². The first-order chi connectivity index (χ1) is 9.16. The molecule has 1 aromatic carbocycles. The molecular weight excluding hydrogens is 246 g/mol. The van der Waals surface area contributed by atoms with Crippen LogP contribution in [0.25, 0.3) is 0 Å². The Hall–Kier alpha value is -2.70. The van der Waals surface area contributed by atoms with Gasteiger partial charge in [-0.1, -0.05) is 30.3 Å². The Labute approximate surface area is 109 Å². The summed E-state index contributed by atoms with van der Waals surface area (Å²) in [6.07, 6.45) is 2.59. The highest BCUT2D eigenvalue weighted by Gasteiger charge is 2.18. The van der Waals surface area contributed by atoms with Crippen LogP contribution in [-0.2, 0) is 16.1 Å². The summed E-state index contributed by atoms with van der Waals surface area (Å²) in [7, 11) is 1.57. The average molecular weight is 259 g/mol. The Kier molecular flexibility index (Phi) is 3.87.